The first-order valence-corrected chi connectivity index (χ1v) is 5.77. The average molecular weight is 241 g/mol. The summed E-state index contributed by atoms with van der Waals surface area (Å²) >= 11 is 5.84. The molecule has 1 amide bonds. The molecular weight excluding hydrogens is 224 g/mol. The van der Waals surface area contributed by atoms with E-state index in [0.717, 1.165) is 12.0 Å². The van der Waals surface area contributed by atoms with Crippen LogP contribution in [0.1, 0.15) is 18.9 Å². The number of amides is 1. The molecule has 0 aromatic heterocycles. The average Bonchev–Trinajstić information content (AvgIpc) is 2.26. The van der Waals surface area contributed by atoms with Gasteiger partial charge in [0.2, 0.25) is 5.91 Å². The van der Waals surface area contributed by atoms with E-state index in [4.69, 9.17) is 17.3 Å². The molecule has 0 bridgehead atoms. The Hall–Kier alpha value is -1.06. The first kappa shape index (κ1) is 13.0. The van der Waals surface area contributed by atoms with Gasteiger partial charge in [0.25, 0.3) is 0 Å². The molecule has 0 spiro atoms. The van der Waals surface area contributed by atoms with Gasteiger partial charge in [-0.05, 0) is 24.1 Å². The van der Waals surface area contributed by atoms with Crippen molar-refractivity contribution in [2.24, 2.45) is 5.73 Å². The van der Waals surface area contributed by atoms with Crippen molar-refractivity contribution in [1.29, 1.82) is 0 Å². The van der Waals surface area contributed by atoms with E-state index in [1.807, 2.05) is 19.1 Å². The summed E-state index contributed by atoms with van der Waals surface area (Å²) < 4.78 is 0. The Labute approximate surface area is 101 Å². The molecule has 3 nitrogen and oxygen atoms in total. The molecule has 0 saturated heterocycles. The van der Waals surface area contributed by atoms with Crippen LogP contribution in [0, 0.1) is 0 Å². The van der Waals surface area contributed by atoms with E-state index in [1.54, 1.807) is 12.1 Å². The van der Waals surface area contributed by atoms with Crippen molar-refractivity contribution >= 4 is 17.5 Å². The highest BCUT2D eigenvalue weighted by atomic mass is 35.5. The van der Waals surface area contributed by atoms with Crippen LogP contribution in [-0.2, 0) is 11.2 Å². The zero-order chi connectivity index (χ0) is 12.0. The summed E-state index contributed by atoms with van der Waals surface area (Å²) in [6.07, 6.45) is 1.19. The maximum atomic E-state index is 11.6. The lowest BCUT2D eigenvalue weighted by atomic mass is 10.1. The number of hydrogen-bond acceptors (Lipinski definition) is 2. The van der Waals surface area contributed by atoms with Gasteiger partial charge in [-0.2, -0.15) is 0 Å². The molecule has 0 aliphatic heterocycles. The minimum Gasteiger partial charge on any atom is -0.352 e. The van der Waals surface area contributed by atoms with Gasteiger partial charge in [0.05, 0.1) is 6.42 Å². The number of benzene rings is 1. The normalized spacial score (nSPS) is 12.2. The predicted molar refractivity (Wildman–Crippen MR) is 66.4 cm³/mol. The fraction of sp³-hybridized carbons (Fsp3) is 0.417. The number of carbonyl (C=O) groups excluding carboxylic acids is 1. The number of nitrogens with two attached hydrogens (primary N) is 1. The molecular formula is C12H17ClN2O. The molecule has 0 heterocycles. The van der Waals surface area contributed by atoms with Crippen LogP contribution in [0.2, 0.25) is 5.02 Å². The molecule has 1 unspecified atom stereocenters. The standard InChI is InChI=1S/C12H17ClN2O/c1-2-11(8-14)15-12(16)7-9-4-3-5-10(13)6-9/h3-6,11H,2,7-8,14H2,1H3,(H,15,16). The molecule has 0 aliphatic rings. The molecule has 4 heteroatoms. The fourth-order valence-corrected chi connectivity index (χ4v) is 1.65. The van der Waals surface area contributed by atoms with E-state index in [1.165, 1.54) is 0 Å². The molecule has 0 aliphatic carbocycles. The van der Waals surface area contributed by atoms with Crippen molar-refractivity contribution in [2.75, 3.05) is 6.54 Å². The lowest BCUT2D eigenvalue weighted by Crippen LogP contribution is -2.40. The molecule has 0 fully saturated rings. The molecule has 0 radical (unpaired) electrons. The number of halogens is 1. The van der Waals surface area contributed by atoms with Gasteiger partial charge < -0.3 is 11.1 Å². The van der Waals surface area contributed by atoms with Gasteiger partial charge in [0.15, 0.2) is 0 Å². The third-order valence-electron chi connectivity index (χ3n) is 2.40. The van der Waals surface area contributed by atoms with Crippen LogP contribution in [0.4, 0.5) is 0 Å². The Bertz CT molecular complexity index is 351. The van der Waals surface area contributed by atoms with Crippen molar-refractivity contribution in [1.82, 2.24) is 5.32 Å². The summed E-state index contributed by atoms with van der Waals surface area (Å²) in [5.41, 5.74) is 6.43. The quantitative estimate of drug-likeness (QED) is 0.824. The van der Waals surface area contributed by atoms with E-state index >= 15 is 0 Å². The van der Waals surface area contributed by atoms with Gasteiger partial charge in [-0.15, -0.1) is 0 Å². The molecule has 3 N–H and O–H groups in total. The van der Waals surface area contributed by atoms with Crippen molar-refractivity contribution < 1.29 is 4.79 Å². The lowest BCUT2D eigenvalue weighted by Gasteiger charge is -2.14. The summed E-state index contributed by atoms with van der Waals surface area (Å²) in [5.74, 6) is -0.0143. The third-order valence-corrected chi connectivity index (χ3v) is 2.63. The van der Waals surface area contributed by atoms with Gasteiger partial charge in [0, 0.05) is 17.6 Å². The molecule has 1 rings (SSSR count). The molecule has 1 aromatic rings. The van der Waals surface area contributed by atoms with E-state index in [9.17, 15) is 4.79 Å². The number of carbonyl (C=O) groups is 1. The highest BCUT2D eigenvalue weighted by molar-refractivity contribution is 6.30. The third kappa shape index (κ3) is 4.21. The largest absolute Gasteiger partial charge is 0.352 e. The molecule has 1 atom stereocenters. The topological polar surface area (TPSA) is 55.1 Å². The van der Waals surface area contributed by atoms with Crippen molar-refractivity contribution in [3.8, 4) is 0 Å². The zero-order valence-corrected chi connectivity index (χ0v) is 10.1. The monoisotopic (exact) mass is 240 g/mol. The number of nitrogens with one attached hydrogen (secondary N) is 1. The lowest BCUT2D eigenvalue weighted by molar-refractivity contribution is -0.121. The first-order valence-electron chi connectivity index (χ1n) is 5.39. The second-order valence-corrected chi connectivity index (χ2v) is 4.15. The van der Waals surface area contributed by atoms with E-state index in [0.29, 0.717) is 18.0 Å². The second kappa shape index (κ2) is 6.51. The predicted octanol–water partition coefficient (Wildman–Crippen LogP) is 1.74. The summed E-state index contributed by atoms with van der Waals surface area (Å²) in [4.78, 5) is 11.6. The van der Waals surface area contributed by atoms with Crippen molar-refractivity contribution in [3.63, 3.8) is 0 Å². The van der Waals surface area contributed by atoms with Gasteiger partial charge in [-0.1, -0.05) is 30.7 Å². The molecule has 16 heavy (non-hydrogen) atoms. The van der Waals surface area contributed by atoms with Crippen molar-refractivity contribution in [3.05, 3.63) is 34.9 Å². The fourth-order valence-electron chi connectivity index (χ4n) is 1.44. The Kier molecular flexibility index (Phi) is 5.29. The maximum absolute atomic E-state index is 11.6. The van der Waals surface area contributed by atoms with Gasteiger partial charge in [-0.3, -0.25) is 4.79 Å². The van der Waals surface area contributed by atoms with E-state index in [-0.39, 0.29) is 11.9 Å². The highest BCUT2D eigenvalue weighted by Gasteiger charge is 2.09. The smallest absolute Gasteiger partial charge is 0.224 e. The van der Waals surface area contributed by atoms with E-state index < -0.39 is 0 Å². The number of hydrogen-bond donors (Lipinski definition) is 2. The minimum absolute atomic E-state index is 0.0143. The Morgan fingerprint density at radius 1 is 1.56 bits per heavy atom. The van der Waals surface area contributed by atoms with Crippen LogP contribution in [0.15, 0.2) is 24.3 Å². The van der Waals surface area contributed by atoms with Crippen molar-refractivity contribution in [2.45, 2.75) is 25.8 Å². The minimum atomic E-state index is -0.0143. The van der Waals surface area contributed by atoms with Gasteiger partial charge >= 0.3 is 0 Å². The number of rotatable bonds is 5. The SMILES string of the molecule is CCC(CN)NC(=O)Cc1cccc(Cl)c1. The van der Waals surface area contributed by atoms with Crippen LogP contribution < -0.4 is 11.1 Å². The zero-order valence-electron chi connectivity index (χ0n) is 9.37. The van der Waals surface area contributed by atoms with Crippen LogP contribution in [0.3, 0.4) is 0 Å². The summed E-state index contributed by atoms with van der Waals surface area (Å²) in [7, 11) is 0. The van der Waals surface area contributed by atoms with Crippen LogP contribution >= 0.6 is 11.6 Å². The second-order valence-electron chi connectivity index (χ2n) is 3.72. The van der Waals surface area contributed by atoms with Gasteiger partial charge in [0.1, 0.15) is 0 Å². The first-order chi connectivity index (χ1) is 7.65. The molecule has 1 aromatic carbocycles. The summed E-state index contributed by atoms with van der Waals surface area (Å²) in [6.45, 7) is 2.47. The Morgan fingerprint density at radius 2 is 2.31 bits per heavy atom. The van der Waals surface area contributed by atoms with Crippen LogP contribution in [0.5, 0.6) is 0 Å². The maximum Gasteiger partial charge on any atom is 0.224 e. The van der Waals surface area contributed by atoms with Crippen LogP contribution in [0.25, 0.3) is 0 Å². The van der Waals surface area contributed by atoms with E-state index in [2.05, 4.69) is 5.32 Å². The summed E-state index contributed by atoms with van der Waals surface area (Å²) in [6, 6.07) is 7.37. The highest BCUT2D eigenvalue weighted by Crippen LogP contribution is 2.11. The Balaban J connectivity index is 2.51. The molecule has 88 valence electrons. The Morgan fingerprint density at radius 3 is 2.88 bits per heavy atom. The summed E-state index contributed by atoms with van der Waals surface area (Å²) in [5, 5.41) is 3.53. The molecule has 0 saturated carbocycles. The van der Waals surface area contributed by atoms with Crippen LogP contribution in [-0.4, -0.2) is 18.5 Å². The van der Waals surface area contributed by atoms with Gasteiger partial charge in [-0.25, -0.2) is 0 Å².